The lowest BCUT2D eigenvalue weighted by molar-refractivity contribution is -0.384. The number of rotatable bonds is 10. The van der Waals surface area contributed by atoms with Crippen LogP contribution in [0.3, 0.4) is 0 Å². The van der Waals surface area contributed by atoms with Gasteiger partial charge in [-0.05, 0) is 23.3 Å². The maximum atomic E-state index is 12.1. The minimum Gasteiger partial charge on any atom is -0.493 e. The van der Waals surface area contributed by atoms with E-state index in [1.165, 1.54) is 45.2 Å². The average Bonchev–Trinajstić information content (AvgIpc) is 2.71. The Kier molecular flexibility index (Phi) is 7.94. The molecule has 0 saturated carbocycles. The van der Waals surface area contributed by atoms with Crippen LogP contribution in [-0.4, -0.2) is 37.9 Å². The van der Waals surface area contributed by atoms with Crippen molar-refractivity contribution >= 4 is 23.4 Å². The molecule has 0 aromatic heterocycles. The predicted octanol–water partition coefficient (Wildman–Crippen LogP) is 3.17. The summed E-state index contributed by atoms with van der Waals surface area (Å²) < 4.78 is 15.9. The lowest BCUT2D eigenvalue weighted by Gasteiger charge is -2.14. The van der Waals surface area contributed by atoms with Gasteiger partial charge in [0.2, 0.25) is 11.7 Å². The summed E-state index contributed by atoms with van der Waals surface area (Å²) in [5.41, 5.74) is 1.80. The monoisotopic (exact) mass is 406 g/mol. The average molecular weight is 406 g/mol. The molecule has 1 N–H and O–H groups in total. The molecule has 0 heterocycles. The van der Waals surface area contributed by atoms with Crippen molar-refractivity contribution in [2.45, 2.75) is 12.3 Å². The molecule has 2 aromatic rings. The van der Waals surface area contributed by atoms with Crippen molar-refractivity contribution in [1.29, 1.82) is 0 Å². The molecule has 150 valence electrons. The zero-order valence-corrected chi connectivity index (χ0v) is 16.7. The van der Waals surface area contributed by atoms with Gasteiger partial charge in [-0.15, -0.1) is 11.8 Å². The van der Waals surface area contributed by atoms with Gasteiger partial charge in [0, 0.05) is 24.4 Å². The predicted molar refractivity (Wildman–Crippen MR) is 107 cm³/mol. The zero-order valence-electron chi connectivity index (χ0n) is 15.9. The van der Waals surface area contributed by atoms with Crippen LogP contribution in [0.4, 0.5) is 5.69 Å². The Balaban J connectivity index is 1.84. The highest BCUT2D eigenvalue weighted by Gasteiger charge is 2.13. The van der Waals surface area contributed by atoms with Crippen LogP contribution < -0.4 is 19.5 Å². The summed E-state index contributed by atoms with van der Waals surface area (Å²) in [6.07, 6.45) is 0. The van der Waals surface area contributed by atoms with Gasteiger partial charge < -0.3 is 19.5 Å². The summed E-state index contributed by atoms with van der Waals surface area (Å²) >= 11 is 1.43. The summed E-state index contributed by atoms with van der Waals surface area (Å²) in [6.45, 7) is 0.327. The molecule has 0 spiro atoms. The van der Waals surface area contributed by atoms with Crippen molar-refractivity contribution < 1.29 is 23.9 Å². The molecule has 8 nitrogen and oxygen atoms in total. The molecule has 0 bridgehead atoms. The number of nitrogens with zero attached hydrogens (tertiary/aromatic N) is 1. The Bertz CT molecular complexity index is 801. The first kappa shape index (κ1) is 21.4. The van der Waals surface area contributed by atoms with E-state index in [4.69, 9.17) is 14.2 Å². The molecule has 9 heteroatoms. The third kappa shape index (κ3) is 5.78. The number of methoxy groups -OCH3 is 3. The molecule has 0 atom stereocenters. The first-order valence-corrected chi connectivity index (χ1v) is 9.50. The van der Waals surface area contributed by atoms with Crippen molar-refractivity contribution in [1.82, 2.24) is 5.32 Å². The molecular formula is C19H22N2O6S. The zero-order chi connectivity index (χ0) is 20.5. The lowest BCUT2D eigenvalue weighted by atomic mass is 10.2. The van der Waals surface area contributed by atoms with Gasteiger partial charge in [0.25, 0.3) is 5.69 Å². The number of ether oxygens (including phenoxy) is 3. The topological polar surface area (TPSA) is 99.9 Å². The highest BCUT2D eigenvalue weighted by Crippen LogP contribution is 2.38. The van der Waals surface area contributed by atoms with E-state index in [9.17, 15) is 14.9 Å². The Labute approximate surface area is 167 Å². The van der Waals surface area contributed by atoms with E-state index in [1.54, 1.807) is 24.3 Å². The number of nitro benzene ring substituents is 1. The summed E-state index contributed by atoms with van der Waals surface area (Å²) in [5, 5.41) is 13.5. The van der Waals surface area contributed by atoms with Gasteiger partial charge in [0.05, 0.1) is 32.0 Å². The van der Waals surface area contributed by atoms with Crippen LogP contribution in [0.5, 0.6) is 17.2 Å². The number of amides is 1. The van der Waals surface area contributed by atoms with Crippen molar-refractivity contribution in [2.75, 3.05) is 27.1 Å². The number of nitrogens with one attached hydrogen (secondary N) is 1. The first-order chi connectivity index (χ1) is 13.5. The minimum atomic E-state index is -0.437. The van der Waals surface area contributed by atoms with Crippen LogP contribution in [0, 0.1) is 10.1 Å². The molecule has 28 heavy (non-hydrogen) atoms. The second kappa shape index (κ2) is 10.4. The number of hydrogen-bond acceptors (Lipinski definition) is 7. The van der Waals surface area contributed by atoms with E-state index < -0.39 is 4.92 Å². The fraction of sp³-hybridized carbons (Fsp3) is 0.316. The van der Waals surface area contributed by atoms with Crippen LogP contribution in [0.15, 0.2) is 36.4 Å². The van der Waals surface area contributed by atoms with Crippen molar-refractivity contribution in [3.05, 3.63) is 57.6 Å². The molecule has 0 aliphatic heterocycles. The molecule has 0 fully saturated rings. The largest absolute Gasteiger partial charge is 0.493 e. The summed E-state index contributed by atoms with van der Waals surface area (Å²) in [7, 11) is 4.60. The SMILES string of the molecule is COc1cc(CNC(=O)CSCc2ccc([N+](=O)[O-])cc2)cc(OC)c1OC. The fourth-order valence-corrected chi connectivity index (χ4v) is 3.28. The van der Waals surface area contributed by atoms with Gasteiger partial charge in [-0.2, -0.15) is 0 Å². The van der Waals surface area contributed by atoms with E-state index in [-0.39, 0.29) is 17.3 Å². The second-order valence-corrected chi connectivity index (χ2v) is 6.71. The number of nitro groups is 1. The van der Waals surface area contributed by atoms with E-state index in [0.29, 0.717) is 29.5 Å². The molecule has 1 amide bonds. The molecule has 0 unspecified atom stereocenters. The standard InChI is InChI=1S/C19H22N2O6S/c1-25-16-8-14(9-17(26-2)19(16)27-3)10-20-18(22)12-28-11-13-4-6-15(7-5-13)21(23)24/h4-9H,10-12H2,1-3H3,(H,20,22). The van der Waals surface area contributed by atoms with Crippen molar-refractivity contribution in [2.24, 2.45) is 0 Å². The van der Waals surface area contributed by atoms with Crippen molar-refractivity contribution in [3.8, 4) is 17.2 Å². The van der Waals surface area contributed by atoms with E-state index in [2.05, 4.69) is 5.32 Å². The Hall–Kier alpha value is -2.94. The smallest absolute Gasteiger partial charge is 0.269 e. The van der Waals surface area contributed by atoms with Gasteiger partial charge in [0.15, 0.2) is 11.5 Å². The van der Waals surface area contributed by atoms with Gasteiger partial charge in [-0.3, -0.25) is 14.9 Å². The Morgan fingerprint density at radius 1 is 1.04 bits per heavy atom. The lowest BCUT2D eigenvalue weighted by Crippen LogP contribution is -2.24. The number of benzene rings is 2. The summed E-state index contributed by atoms with van der Waals surface area (Å²) in [6, 6.07) is 9.87. The highest BCUT2D eigenvalue weighted by molar-refractivity contribution is 7.99. The molecule has 2 rings (SSSR count). The quantitative estimate of drug-likeness (QED) is 0.478. The number of carbonyl (C=O) groups is 1. The summed E-state index contributed by atoms with van der Waals surface area (Å²) in [4.78, 5) is 22.3. The third-order valence-corrected chi connectivity index (χ3v) is 4.87. The maximum Gasteiger partial charge on any atom is 0.269 e. The molecule has 0 radical (unpaired) electrons. The van der Waals surface area contributed by atoms with Gasteiger partial charge in [0.1, 0.15) is 0 Å². The molecule has 0 aliphatic rings. The fourth-order valence-electron chi connectivity index (χ4n) is 2.46. The van der Waals surface area contributed by atoms with Crippen LogP contribution in [0.2, 0.25) is 0 Å². The maximum absolute atomic E-state index is 12.1. The van der Waals surface area contributed by atoms with Crippen molar-refractivity contribution in [3.63, 3.8) is 0 Å². The van der Waals surface area contributed by atoms with Crippen LogP contribution in [-0.2, 0) is 17.1 Å². The number of carbonyl (C=O) groups excluding carboxylic acids is 1. The van der Waals surface area contributed by atoms with Crippen LogP contribution >= 0.6 is 11.8 Å². The van der Waals surface area contributed by atoms with Crippen LogP contribution in [0.1, 0.15) is 11.1 Å². The van der Waals surface area contributed by atoms with Gasteiger partial charge in [-0.1, -0.05) is 12.1 Å². The number of hydrogen-bond donors (Lipinski definition) is 1. The minimum absolute atomic E-state index is 0.0526. The number of thioether (sulfide) groups is 1. The Morgan fingerprint density at radius 2 is 1.64 bits per heavy atom. The van der Waals surface area contributed by atoms with Gasteiger partial charge in [-0.25, -0.2) is 0 Å². The van der Waals surface area contributed by atoms with E-state index >= 15 is 0 Å². The van der Waals surface area contributed by atoms with E-state index in [1.807, 2.05) is 0 Å². The normalized spacial score (nSPS) is 10.2. The second-order valence-electron chi connectivity index (χ2n) is 5.73. The first-order valence-electron chi connectivity index (χ1n) is 8.35. The molecule has 2 aromatic carbocycles. The molecule has 0 aliphatic carbocycles. The third-order valence-electron chi connectivity index (χ3n) is 3.86. The van der Waals surface area contributed by atoms with Crippen LogP contribution in [0.25, 0.3) is 0 Å². The van der Waals surface area contributed by atoms with Gasteiger partial charge >= 0.3 is 0 Å². The molecular weight excluding hydrogens is 384 g/mol. The van der Waals surface area contributed by atoms with E-state index in [0.717, 1.165) is 11.1 Å². The molecule has 0 saturated heterocycles. The highest BCUT2D eigenvalue weighted by atomic mass is 32.2. The summed E-state index contributed by atoms with van der Waals surface area (Å²) in [5.74, 6) is 2.31. The number of non-ortho nitro benzene ring substituents is 1. The Morgan fingerprint density at radius 3 is 2.14 bits per heavy atom.